The van der Waals surface area contributed by atoms with E-state index in [-0.39, 0.29) is 18.3 Å². The summed E-state index contributed by atoms with van der Waals surface area (Å²) in [6, 6.07) is 7.98. The maximum absolute atomic E-state index is 11.3. The molecule has 0 radical (unpaired) electrons. The number of benzene rings is 1. The van der Waals surface area contributed by atoms with Gasteiger partial charge in [0.15, 0.2) is 6.29 Å². The maximum atomic E-state index is 11.3. The van der Waals surface area contributed by atoms with Gasteiger partial charge in [0, 0.05) is 5.57 Å². The number of hydrogen-bond acceptors (Lipinski definition) is 3. The Bertz CT molecular complexity index is 655. The van der Waals surface area contributed by atoms with Crippen molar-refractivity contribution in [2.24, 2.45) is 0 Å². The van der Waals surface area contributed by atoms with Gasteiger partial charge >= 0.3 is 7.12 Å². The van der Waals surface area contributed by atoms with E-state index in [0.29, 0.717) is 5.57 Å². The number of hydrogen-bond donors (Lipinski definition) is 0. The second-order valence-corrected chi connectivity index (χ2v) is 6.90. The Hall–Kier alpha value is -1.65. The van der Waals surface area contributed by atoms with E-state index in [9.17, 15) is 4.79 Å². The number of allylic oxidation sites excluding steroid dienone is 4. The molecule has 2 aliphatic rings. The summed E-state index contributed by atoms with van der Waals surface area (Å²) in [5.41, 5.74) is 3.13. The monoisotopic (exact) mass is 296 g/mol. The van der Waals surface area contributed by atoms with E-state index in [1.54, 1.807) is 0 Å². The highest BCUT2D eigenvalue weighted by Crippen LogP contribution is 2.39. The summed E-state index contributed by atoms with van der Waals surface area (Å²) in [5, 5.41) is 0. The summed E-state index contributed by atoms with van der Waals surface area (Å²) in [5.74, 6) is 0. The second kappa shape index (κ2) is 5.22. The minimum absolute atomic E-state index is 0.360. The van der Waals surface area contributed by atoms with Crippen LogP contribution in [0.1, 0.15) is 38.8 Å². The van der Waals surface area contributed by atoms with Gasteiger partial charge < -0.3 is 9.31 Å². The normalized spacial score (nSPS) is 22.5. The summed E-state index contributed by atoms with van der Waals surface area (Å²) in [4.78, 5) is 11.3. The lowest BCUT2D eigenvalue weighted by Gasteiger charge is -2.32. The first kappa shape index (κ1) is 15.3. The van der Waals surface area contributed by atoms with Crippen LogP contribution in [0.15, 0.2) is 41.9 Å². The van der Waals surface area contributed by atoms with Crippen LogP contribution in [0, 0.1) is 0 Å². The fourth-order valence-electron chi connectivity index (χ4n) is 2.78. The van der Waals surface area contributed by atoms with Gasteiger partial charge in [0.2, 0.25) is 0 Å². The Labute approximate surface area is 132 Å². The quantitative estimate of drug-likeness (QED) is 0.620. The number of fused-ring (bicyclic) bond motifs is 1. The van der Waals surface area contributed by atoms with Gasteiger partial charge in [-0.3, -0.25) is 4.79 Å². The molecule has 0 N–H and O–H groups in total. The predicted octanol–water partition coefficient (Wildman–Crippen LogP) is 3.38. The van der Waals surface area contributed by atoms with E-state index in [0.717, 1.165) is 29.3 Å². The Morgan fingerprint density at radius 1 is 1.05 bits per heavy atom. The molecule has 22 heavy (non-hydrogen) atoms. The molecule has 0 bridgehead atoms. The molecule has 114 valence electrons. The number of carbonyl (C=O) groups is 1. The van der Waals surface area contributed by atoms with E-state index in [4.69, 9.17) is 9.31 Å². The summed E-state index contributed by atoms with van der Waals surface area (Å²) in [6.07, 6.45) is 5.45. The van der Waals surface area contributed by atoms with Crippen LogP contribution < -0.4 is 0 Å². The van der Waals surface area contributed by atoms with Crippen LogP contribution in [-0.2, 0) is 20.5 Å². The van der Waals surface area contributed by atoms with Gasteiger partial charge in [-0.15, -0.1) is 0 Å². The van der Waals surface area contributed by atoms with Crippen LogP contribution >= 0.6 is 0 Å². The predicted molar refractivity (Wildman–Crippen MR) is 88.4 cm³/mol. The highest BCUT2D eigenvalue weighted by Gasteiger charge is 2.52. The first-order valence-corrected chi connectivity index (χ1v) is 7.64. The Kier molecular flexibility index (Phi) is 3.62. The lowest BCUT2D eigenvalue weighted by molar-refractivity contribution is -0.103. The molecule has 1 fully saturated rings. The summed E-state index contributed by atoms with van der Waals surface area (Å²) < 4.78 is 12.3. The summed E-state index contributed by atoms with van der Waals surface area (Å²) >= 11 is 0. The number of carbonyl (C=O) groups excluding carboxylic acids is 1. The minimum atomic E-state index is -0.375. The van der Waals surface area contributed by atoms with Gasteiger partial charge in [-0.05, 0) is 50.7 Å². The molecular formula is C18H21BO3. The lowest BCUT2D eigenvalue weighted by Crippen LogP contribution is -2.41. The highest BCUT2D eigenvalue weighted by atomic mass is 16.7. The molecule has 0 unspecified atom stereocenters. The van der Waals surface area contributed by atoms with Crippen LogP contribution in [0.2, 0.25) is 0 Å². The van der Waals surface area contributed by atoms with Crippen LogP contribution in [0.5, 0.6) is 0 Å². The van der Waals surface area contributed by atoms with Crippen molar-refractivity contribution in [3.8, 4) is 0 Å². The van der Waals surface area contributed by atoms with Crippen molar-refractivity contribution in [1.29, 1.82) is 0 Å². The largest absolute Gasteiger partial charge is 0.490 e. The van der Waals surface area contributed by atoms with Gasteiger partial charge in [0.25, 0.3) is 0 Å². The third kappa shape index (κ3) is 2.47. The molecule has 4 heteroatoms. The third-order valence-electron chi connectivity index (χ3n) is 4.88. The standard InChI is InChI=1S/C18H21BO3/c1-17(2)18(3,4)22-19(21-17)15-10-9-14(12-20)16-8-6-5-7-13(16)11-15/h5-10,12H,11H2,1-4H3. The van der Waals surface area contributed by atoms with Gasteiger partial charge in [0.05, 0.1) is 11.2 Å². The van der Waals surface area contributed by atoms with Gasteiger partial charge in [-0.2, -0.15) is 0 Å². The third-order valence-corrected chi connectivity index (χ3v) is 4.88. The Morgan fingerprint density at radius 2 is 1.68 bits per heavy atom. The zero-order valence-electron chi connectivity index (χ0n) is 13.6. The number of aldehydes is 1. The molecule has 1 aromatic carbocycles. The SMILES string of the molecule is CC1(C)OB(C2=CC=C(C=O)c3ccccc3C2)OC1(C)C. The second-order valence-electron chi connectivity index (χ2n) is 6.90. The van der Waals surface area contributed by atoms with Gasteiger partial charge in [-0.25, -0.2) is 0 Å². The first-order chi connectivity index (χ1) is 10.3. The van der Waals surface area contributed by atoms with Crippen molar-refractivity contribution < 1.29 is 14.1 Å². The first-order valence-electron chi connectivity index (χ1n) is 7.64. The van der Waals surface area contributed by atoms with E-state index < -0.39 is 0 Å². The van der Waals surface area contributed by atoms with Crippen LogP contribution in [0.4, 0.5) is 0 Å². The molecule has 1 aliphatic heterocycles. The fourth-order valence-corrected chi connectivity index (χ4v) is 2.78. The van der Waals surface area contributed by atoms with Gasteiger partial charge in [0.1, 0.15) is 0 Å². The average Bonchev–Trinajstić information content (AvgIpc) is 2.62. The van der Waals surface area contributed by atoms with Crippen molar-refractivity contribution in [3.63, 3.8) is 0 Å². The molecule has 0 atom stereocenters. The Balaban J connectivity index is 1.96. The average molecular weight is 296 g/mol. The molecule has 1 heterocycles. The Morgan fingerprint density at radius 3 is 2.32 bits per heavy atom. The van der Waals surface area contributed by atoms with Crippen LogP contribution in [-0.4, -0.2) is 24.6 Å². The molecule has 1 aliphatic carbocycles. The van der Waals surface area contributed by atoms with Crippen molar-refractivity contribution in [3.05, 3.63) is 53.0 Å². The molecule has 0 amide bonds. The molecule has 1 saturated heterocycles. The van der Waals surface area contributed by atoms with Crippen molar-refractivity contribution >= 4 is 19.0 Å². The van der Waals surface area contributed by atoms with E-state index in [2.05, 4.69) is 6.07 Å². The zero-order chi connectivity index (χ0) is 16.0. The molecular weight excluding hydrogens is 275 g/mol. The van der Waals surface area contributed by atoms with Crippen molar-refractivity contribution in [2.75, 3.05) is 0 Å². The summed E-state index contributed by atoms with van der Waals surface area (Å²) in [7, 11) is -0.375. The van der Waals surface area contributed by atoms with Gasteiger partial charge in [-0.1, -0.05) is 36.4 Å². The molecule has 0 saturated carbocycles. The van der Waals surface area contributed by atoms with Crippen LogP contribution in [0.25, 0.3) is 5.57 Å². The molecule has 3 rings (SSSR count). The van der Waals surface area contributed by atoms with Crippen molar-refractivity contribution in [1.82, 2.24) is 0 Å². The number of rotatable bonds is 2. The maximum Gasteiger partial charge on any atom is 0.490 e. The molecule has 0 spiro atoms. The summed E-state index contributed by atoms with van der Waals surface area (Å²) in [6.45, 7) is 8.19. The smallest absolute Gasteiger partial charge is 0.400 e. The zero-order valence-corrected chi connectivity index (χ0v) is 13.6. The fraction of sp³-hybridized carbons (Fsp3) is 0.389. The highest BCUT2D eigenvalue weighted by molar-refractivity contribution is 6.54. The molecule has 3 nitrogen and oxygen atoms in total. The lowest BCUT2D eigenvalue weighted by atomic mass is 9.74. The molecule has 0 aromatic heterocycles. The van der Waals surface area contributed by atoms with Crippen LogP contribution in [0.3, 0.4) is 0 Å². The van der Waals surface area contributed by atoms with E-state index in [1.165, 1.54) is 0 Å². The minimum Gasteiger partial charge on any atom is -0.400 e. The van der Waals surface area contributed by atoms with E-state index >= 15 is 0 Å². The van der Waals surface area contributed by atoms with E-state index in [1.807, 2.05) is 58.0 Å². The van der Waals surface area contributed by atoms with Crippen molar-refractivity contribution in [2.45, 2.75) is 45.3 Å². The topological polar surface area (TPSA) is 35.5 Å². The molecule has 1 aromatic rings.